The summed E-state index contributed by atoms with van der Waals surface area (Å²) in [6, 6.07) is 0. The van der Waals surface area contributed by atoms with E-state index in [0.29, 0.717) is 16.4 Å². The van der Waals surface area contributed by atoms with Crippen LogP contribution in [0, 0.1) is 5.41 Å². The average Bonchev–Trinajstić information content (AvgIpc) is 3.22. The molecule has 0 spiro atoms. The predicted octanol–water partition coefficient (Wildman–Crippen LogP) is 1.40. The van der Waals surface area contributed by atoms with Gasteiger partial charge in [0.2, 0.25) is 5.91 Å². The molecule has 1 aliphatic carbocycles. The lowest BCUT2D eigenvalue weighted by molar-refractivity contribution is -0.118. The van der Waals surface area contributed by atoms with Gasteiger partial charge in [-0.05, 0) is 50.6 Å². The standard InChI is InChI=1S/C14H26N2O2S/c1-18-9-6-14(4-5-14)11-16-13(17)10-19-12-2-7-15-8-3-12/h12,15H,2-11H2,1H3,(H,16,17). The van der Waals surface area contributed by atoms with Gasteiger partial charge in [-0.1, -0.05) is 0 Å². The summed E-state index contributed by atoms with van der Waals surface area (Å²) in [5.74, 6) is 0.817. The summed E-state index contributed by atoms with van der Waals surface area (Å²) in [5, 5.41) is 7.11. The molecule has 0 aromatic carbocycles. The minimum absolute atomic E-state index is 0.201. The van der Waals surface area contributed by atoms with E-state index in [2.05, 4.69) is 10.6 Å². The van der Waals surface area contributed by atoms with Gasteiger partial charge in [0.1, 0.15) is 0 Å². The van der Waals surface area contributed by atoms with Crippen molar-refractivity contribution in [1.82, 2.24) is 10.6 Å². The third-order valence-electron chi connectivity index (χ3n) is 4.19. The van der Waals surface area contributed by atoms with Crippen LogP contribution in [0.25, 0.3) is 0 Å². The van der Waals surface area contributed by atoms with Gasteiger partial charge in [-0.25, -0.2) is 0 Å². The van der Waals surface area contributed by atoms with Crippen LogP contribution >= 0.6 is 11.8 Å². The van der Waals surface area contributed by atoms with E-state index < -0.39 is 0 Å². The first-order valence-corrected chi connectivity index (χ1v) is 8.37. The van der Waals surface area contributed by atoms with Gasteiger partial charge >= 0.3 is 0 Å². The lowest BCUT2D eigenvalue weighted by atomic mass is 10.0. The smallest absolute Gasteiger partial charge is 0.230 e. The molecule has 1 aliphatic heterocycles. The molecule has 1 saturated carbocycles. The Kier molecular flexibility index (Phi) is 5.98. The molecule has 1 saturated heterocycles. The van der Waals surface area contributed by atoms with Crippen molar-refractivity contribution in [1.29, 1.82) is 0 Å². The fourth-order valence-electron chi connectivity index (χ4n) is 2.50. The summed E-state index contributed by atoms with van der Waals surface area (Å²) < 4.78 is 5.13. The third-order valence-corrected chi connectivity index (χ3v) is 5.56. The van der Waals surface area contributed by atoms with Crippen LogP contribution in [-0.2, 0) is 9.53 Å². The molecule has 0 aromatic rings. The monoisotopic (exact) mass is 286 g/mol. The molecule has 1 amide bonds. The second kappa shape index (κ2) is 7.50. The van der Waals surface area contributed by atoms with Crippen LogP contribution < -0.4 is 10.6 Å². The Hall–Kier alpha value is -0.260. The lowest BCUT2D eigenvalue weighted by Gasteiger charge is -2.22. The minimum atomic E-state index is 0.201. The molecule has 2 fully saturated rings. The molecule has 0 radical (unpaired) electrons. The normalized spacial score (nSPS) is 22.2. The number of nitrogens with one attached hydrogen (secondary N) is 2. The van der Waals surface area contributed by atoms with Crippen molar-refractivity contribution < 1.29 is 9.53 Å². The summed E-state index contributed by atoms with van der Waals surface area (Å²) in [7, 11) is 1.74. The first-order valence-electron chi connectivity index (χ1n) is 7.32. The molecule has 0 atom stereocenters. The van der Waals surface area contributed by atoms with Gasteiger partial charge in [-0.2, -0.15) is 0 Å². The topological polar surface area (TPSA) is 50.4 Å². The average molecular weight is 286 g/mol. The van der Waals surface area contributed by atoms with Crippen LogP contribution in [0.4, 0.5) is 0 Å². The largest absolute Gasteiger partial charge is 0.385 e. The first kappa shape index (κ1) is 15.1. The van der Waals surface area contributed by atoms with Crippen molar-refractivity contribution >= 4 is 17.7 Å². The van der Waals surface area contributed by atoms with E-state index in [1.54, 1.807) is 7.11 Å². The Balaban J connectivity index is 1.56. The van der Waals surface area contributed by atoms with Crippen LogP contribution in [0.5, 0.6) is 0 Å². The molecule has 1 heterocycles. The third kappa shape index (κ3) is 5.32. The summed E-state index contributed by atoms with van der Waals surface area (Å²) in [6.07, 6.45) is 5.92. The zero-order valence-corrected chi connectivity index (χ0v) is 12.7. The van der Waals surface area contributed by atoms with Gasteiger partial charge in [0.25, 0.3) is 0 Å². The maximum absolute atomic E-state index is 11.9. The Morgan fingerprint density at radius 3 is 2.79 bits per heavy atom. The maximum atomic E-state index is 11.9. The van der Waals surface area contributed by atoms with Crippen molar-refractivity contribution in [2.75, 3.05) is 39.1 Å². The number of hydrogen-bond donors (Lipinski definition) is 2. The Bertz CT molecular complexity index is 289. The fraction of sp³-hybridized carbons (Fsp3) is 0.929. The minimum Gasteiger partial charge on any atom is -0.385 e. The number of amides is 1. The highest BCUT2D eigenvalue weighted by Crippen LogP contribution is 2.48. The SMILES string of the molecule is COCCC1(CNC(=O)CSC2CCNCC2)CC1. The maximum Gasteiger partial charge on any atom is 0.230 e. The number of hydrogen-bond acceptors (Lipinski definition) is 4. The second-order valence-corrected chi connectivity index (χ2v) is 7.07. The van der Waals surface area contributed by atoms with Gasteiger partial charge in [0.15, 0.2) is 0 Å². The van der Waals surface area contributed by atoms with E-state index in [1.807, 2.05) is 11.8 Å². The zero-order valence-electron chi connectivity index (χ0n) is 11.9. The van der Waals surface area contributed by atoms with Crippen molar-refractivity contribution in [3.63, 3.8) is 0 Å². The van der Waals surface area contributed by atoms with Gasteiger partial charge in [0.05, 0.1) is 5.75 Å². The molecule has 4 nitrogen and oxygen atoms in total. The van der Waals surface area contributed by atoms with Crippen LogP contribution in [0.3, 0.4) is 0 Å². The number of ether oxygens (including phenoxy) is 1. The molecule has 2 aliphatic rings. The molecule has 0 bridgehead atoms. The summed E-state index contributed by atoms with van der Waals surface area (Å²) in [5.41, 5.74) is 0.352. The molecule has 2 rings (SSSR count). The number of rotatable bonds is 8. The van der Waals surface area contributed by atoms with Gasteiger partial charge in [-0.3, -0.25) is 4.79 Å². The van der Waals surface area contributed by atoms with Crippen LogP contribution in [-0.4, -0.2) is 50.3 Å². The number of piperidine rings is 1. The van der Waals surface area contributed by atoms with E-state index in [9.17, 15) is 4.79 Å². The Labute approximate surface area is 120 Å². The summed E-state index contributed by atoms with van der Waals surface area (Å²) >= 11 is 1.82. The van der Waals surface area contributed by atoms with Crippen LogP contribution in [0.15, 0.2) is 0 Å². The number of carbonyl (C=O) groups excluding carboxylic acids is 1. The highest BCUT2D eigenvalue weighted by atomic mass is 32.2. The van der Waals surface area contributed by atoms with Crippen molar-refractivity contribution in [2.45, 2.75) is 37.4 Å². The Morgan fingerprint density at radius 1 is 1.42 bits per heavy atom. The van der Waals surface area contributed by atoms with E-state index in [-0.39, 0.29) is 5.91 Å². The summed E-state index contributed by atoms with van der Waals surface area (Å²) in [6.45, 7) is 3.83. The van der Waals surface area contributed by atoms with Crippen molar-refractivity contribution in [2.24, 2.45) is 5.41 Å². The number of carbonyl (C=O) groups is 1. The lowest BCUT2D eigenvalue weighted by Crippen LogP contribution is -2.34. The highest BCUT2D eigenvalue weighted by Gasteiger charge is 2.42. The number of thioether (sulfide) groups is 1. The second-order valence-electron chi connectivity index (χ2n) is 5.78. The molecule has 19 heavy (non-hydrogen) atoms. The van der Waals surface area contributed by atoms with E-state index in [1.165, 1.54) is 25.7 Å². The van der Waals surface area contributed by atoms with Crippen LogP contribution in [0.2, 0.25) is 0 Å². The van der Waals surface area contributed by atoms with E-state index >= 15 is 0 Å². The molecule has 110 valence electrons. The molecule has 0 aromatic heterocycles. The first-order chi connectivity index (χ1) is 9.24. The predicted molar refractivity (Wildman–Crippen MR) is 79.5 cm³/mol. The van der Waals surface area contributed by atoms with Gasteiger partial charge in [0, 0.05) is 25.5 Å². The summed E-state index contributed by atoms with van der Waals surface area (Å²) in [4.78, 5) is 11.9. The number of methoxy groups -OCH3 is 1. The van der Waals surface area contributed by atoms with Crippen molar-refractivity contribution in [3.05, 3.63) is 0 Å². The Morgan fingerprint density at radius 2 is 2.16 bits per heavy atom. The van der Waals surface area contributed by atoms with Gasteiger partial charge in [-0.15, -0.1) is 11.8 Å². The van der Waals surface area contributed by atoms with Crippen molar-refractivity contribution in [3.8, 4) is 0 Å². The molecular weight excluding hydrogens is 260 g/mol. The molecule has 0 unspecified atom stereocenters. The molecule has 2 N–H and O–H groups in total. The molecule has 5 heteroatoms. The van der Waals surface area contributed by atoms with Crippen LogP contribution in [0.1, 0.15) is 32.1 Å². The molecular formula is C14H26N2O2S. The quantitative estimate of drug-likeness (QED) is 0.708. The van der Waals surface area contributed by atoms with Gasteiger partial charge < -0.3 is 15.4 Å². The zero-order chi connectivity index (χ0) is 13.6. The van der Waals surface area contributed by atoms with E-state index in [0.717, 1.165) is 32.7 Å². The highest BCUT2D eigenvalue weighted by molar-refractivity contribution is 8.00. The fourth-order valence-corrected chi connectivity index (χ4v) is 3.56. The van der Waals surface area contributed by atoms with E-state index in [4.69, 9.17) is 4.74 Å².